The van der Waals surface area contributed by atoms with Gasteiger partial charge in [-0.15, -0.1) is 0 Å². The molecule has 0 saturated carbocycles. The van der Waals surface area contributed by atoms with Gasteiger partial charge in [0.25, 0.3) is 0 Å². The van der Waals surface area contributed by atoms with Crippen LogP contribution in [0.15, 0.2) is 49.1 Å². The second kappa shape index (κ2) is 4.05. The van der Waals surface area contributed by atoms with Crippen LogP contribution in [0.1, 0.15) is 0 Å². The van der Waals surface area contributed by atoms with Gasteiger partial charge in [0.15, 0.2) is 0 Å². The van der Waals surface area contributed by atoms with E-state index >= 15 is 0 Å². The lowest BCUT2D eigenvalue weighted by atomic mass is 10.1. The number of rotatable bonds is 3. The summed E-state index contributed by atoms with van der Waals surface area (Å²) in [5, 5.41) is 2.26. The maximum atomic E-state index is 5.72. The number of nitrogens with two attached hydrogens (primary N) is 1. The molecule has 0 spiro atoms. The van der Waals surface area contributed by atoms with Gasteiger partial charge in [-0.1, -0.05) is 24.8 Å². The van der Waals surface area contributed by atoms with Gasteiger partial charge in [0.1, 0.15) is 12.4 Å². The Labute approximate surface area is 89.0 Å². The first kappa shape index (κ1) is 9.59. The minimum absolute atomic E-state index is 0.522. The summed E-state index contributed by atoms with van der Waals surface area (Å²) < 4.78 is 5.44. The van der Waals surface area contributed by atoms with E-state index in [2.05, 4.69) is 6.58 Å². The highest BCUT2D eigenvalue weighted by atomic mass is 16.5. The van der Waals surface area contributed by atoms with Gasteiger partial charge >= 0.3 is 0 Å². The van der Waals surface area contributed by atoms with Gasteiger partial charge in [0.2, 0.25) is 0 Å². The average molecular weight is 199 g/mol. The lowest BCUT2D eigenvalue weighted by molar-refractivity contribution is 0.364. The van der Waals surface area contributed by atoms with E-state index in [1.165, 1.54) is 0 Å². The number of ether oxygens (including phenoxy) is 1. The molecule has 0 bridgehead atoms. The summed E-state index contributed by atoms with van der Waals surface area (Å²) in [6, 6.07) is 11.8. The van der Waals surface area contributed by atoms with Gasteiger partial charge < -0.3 is 10.5 Å². The van der Waals surface area contributed by atoms with Crippen LogP contribution in [0.3, 0.4) is 0 Å². The highest BCUT2D eigenvalue weighted by Crippen LogP contribution is 2.22. The Kier molecular flexibility index (Phi) is 2.59. The molecular formula is C13H13NO. The first-order chi connectivity index (χ1) is 7.29. The second-order valence-electron chi connectivity index (χ2n) is 3.37. The summed E-state index contributed by atoms with van der Waals surface area (Å²) in [5.41, 5.74) is 6.48. The first-order valence-electron chi connectivity index (χ1n) is 4.82. The molecule has 0 amide bonds. The third-order valence-electron chi connectivity index (χ3n) is 2.20. The van der Waals surface area contributed by atoms with E-state index < -0.39 is 0 Å². The van der Waals surface area contributed by atoms with Crippen molar-refractivity contribution in [3.63, 3.8) is 0 Å². The average Bonchev–Trinajstić information content (AvgIpc) is 2.25. The monoisotopic (exact) mass is 199 g/mol. The molecule has 2 heteroatoms. The van der Waals surface area contributed by atoms with Crippen molar-refractivity contribution in [3.8, 4) is 5.75 Å². The van der Waals surface area contributed by atoms with Gasteiger partial charge in [-0.3, -0.25) is 0 Å². The lowest BCUT2D eigenvalue weighted by Crippen LogP contribution is -1.92. The standard InChI is InChI=1S/C13H13NO/c1-2-7-15-13-6-4-10-3-5-12(14)8-11(10)9-13/h2-6,8-9H,1,7,14H2. The highest BCUT2D eigenvalue weighted by molar-refractivity contribution is 5.86. The van der Waals surface area contributed by atoms with Gasteiger partial charge in [0, 0.05) is 5.69 Å². The van der Waals surface area contributed by atoms with E-state index in [9.17, 15) is 0 Å². The van der Waals surface area contributed by atoms with Crippen molar-refractivity contribution in [1.82, 2.24) is 0 Å². The molecule has 2 N–H and O–H groups in total. The molecule has 0 unspecified atom stereocenters. The summed E-state index contributed by atoms with van der Waals surface area (Å²) in [6.45, 7) is 4.13. The van der Waals surface area contributed by atoms with Crippen LogP contribution < -0.4 is 10.5 Å². The third kappa shape index (κ3) is 2.10. The summed E-state index contributed by atoms with van der Waals surface area (Å²) >= 11 is 0. The fourth-order valence-corrected chi connectivity index (χ4v) is 1.49. The lowest BCUT2D eigenvalue weighted by Gasteiger charge is -2.05. The molecule has 0 saturated heterocycles. The number of nitrogen functional groups attached to an aromatic ring is 1. The fraction of sp³-hybridized carbons (Fsp3) is 0.0769. The Balaban J connectivity index is 2.40. The number of hydrogen-bond acceptors (Lipinski definition) is 2. The molecule has 15 heavy (non-hydrogen) atoms. The summed E-state index contributed by atoms with van der Waals surface area (Å²) in [6.07, 6.45) is 1.73. The largest absolute Gasteiger partial charge is 0.490 e. The van der Waals surface area contributed by atoms with E-state index in [1.54, 1.807) is 6.08 Å². The zero-order chi connectivity index (χ0) is 10.7. The maximum Gasteiger partial charge on any atom is 0.120 e. The summed E-state index contributed by atoms with van der Waals surface area (Å²) in [4.78, 5) is 0. The van der Waals surface area contributed by atoms with Crippen LogP contribution in [0.5, 0.6) is 5.75 Å². The van der Waals surface area contributed by atoms with Crippen LogP contribution in [0.25, 0.3) is 10.8 Å². The molecule has 0 aliphatic carbocycles. The SMILES string of the molecule is C=CCOc1ccc2ccc(N)cc2c1. The van der Waals surface area contributed by atoms with Crippen LogP contribution >= 0.6 is 0 Å². The summed E-state index contributed by atoms with van der Waals surface area (Å²) in [7, 11) is 0. The van der Waals surface area contributed by atoms with Crippen LogP contribution in [-0.4, -0.2) is 6.61 Å². The van der Waals surface area contributed by atoms with Crippen molar-refractivity contribution in [2.75, 3.05) is 12.3 Å². The molecule has 2 aromatic carbocycles. The molecular weight excluding hydrogens is 186 g/mol. The van der Waals surface area contributed by atoms with Crippen molar-refractivity contribution in [2.24, 2.45) is 0 Å². The predicted octanol–water partition coefficient (Wildman–Crippen LogP) is 2.99. The molecule has 0 aromatic heterocycles. The van der Waals surface area contributed by atoms with E-state index in [1.807, 2.05) is 36.4 Å². The molecule has 0 aliphatic heterocycles. The van der Waals surface area contributed by atoms with E-state index in [0.29, 0.717) is 6.61 Å². The Hall–Kier alpha value is -1.96. The van der Waals surface area contributed by atoms with Crippen molar-refractivity contribution in [1.29, 1.82) is 0 Å². The third-order valence-corrected chi connectivity index (χ3v) is 2.20. The molecule has 0 fully saturated rings. The zero-order valence-electron chi connectivity index (χ0n) is 8.44. The highest BCUT2D eigenvalue weighted by Gasteiger charge is 1.97. The van der Waals surface area contributed by atoms with Gasteiger partial charge in [0.05, 0.1) is 0 Å². The van der Waals surface area contributed by atoms with E-state index in [-0.39, 0.29) is 0 Å². The number of hydrogen-bond donors (Lipinski definition) is 1. The number of fused-ring (bicyclic) bond motifs is 1. The maximum absolute atomic E-state index is 5.72. The van der Waals surface area contributed by atoms with E-state index in [0.717, 1.165) is 22.2 Å². The van der Waals surface area contributed by atoms with Crippen molar-refractivity contribution in [2.45, 2.75) is 0 Å². The molecule has 2 rings (SSSR count). The van der Waals surface area contributed by atoms with Crippen LogP contribution in [0.4, 0.5) is 5.69 Å². The Morgan fingerprint density at radius 1 is 1.13 bits per heavy atom. The quantitative estimate of drug-likeness (QED) is 0.609. The van der Waals surface area contributed by atoms with Crippen LogP contribution in [-0.2, 0) is 0 Å². The predicted molar refractivity (Wildman–Crippen MR) is 64.1 cm³/mol. The van der Waals surface area contributed by atoms with Gasteiger partial charge in [-0.2, -0.15) is 0 Å². The molecule has 2 nitrogen and oxygen atoms in total. The first-order valence-corrected chi connectivity index (χ1v) is 4.82. The van der Waals surface area contributed by atoms with Crippen molar-refractivity contribution in [3.05, 3.63) is 49.1 Å². The Morgan fingerprint density at radius 2 is 1.93 bits per heavy atom. The minimum atomic E-state index is 0.522. The zero-order valence-corrected chi connectivity index (χ0v) is 8.44. The van der Waals surface area contributed by atoms with Crippen LogP contribution in [0.2, 0.25) is 0 Å². The second-order valence-corrected chi connectivity index (χ2v) is 3.37. The summed E-state index contributed by atoms with van der Waals surface area (Å²) in [5.74, 6) is 0.841. The van der Waals surface area contributed by atoms with Crippen molar-refractivity contribution < 1.29 is 4.74 Å². The molecule has 0 heterocycles. The smallest absolute Gasteiger partial charge is 0.120 e. The molecule has 76 valence electrons. The fourth-order valence-electron chi connectivity index (χ4n) is 1.49. The van der Waals surface area contributed by atoms with Gasteiger partial charge in [-0.05, 0) is 35.0 Å². The van der Waals surface area contributed by atoms with E-state index in [4.69, 9.17) is 10.5 Å². The van der Waals surface area contributed by atoms with Crippen LogP contribution in [0, 0.1) is 0 Å². The topological polar surface area (TPSA) is 35.2 Å². The molecule has 0 atom stereocenters. The molecule has 0 aliphatic rings. The number of anilines is 1. The molecule has 0 radical (unpaired) electrons. The van der Waals surface area contributed by atoms with Crippen molar-refractivity contribution >= 4 is 16.5 Å². The molecule has 2 aromatic rings. The Bertz CT molecular complexity index is 491. The van der Waals surface area contributed by atoms with Gasteiger partial charge in [-0.25, -0.2) is 0 Å². The normalized spacial score (nSPS) is 10.1. The minimum Gasteiger partial charge on any atom is -0.490 e. The Morgan fingerprint density at radius 3 is 2.73 bits per heavy atom. The number of benzene rings is 2.